The van der Waals surface area contributed by atoms with Crippen molar-refractivity contribution in [3.63, 3.8) is 0 Å². The number of hydrogen-bond donors (Lipinski definition) is 1. The SMILES string of the molecule is CCNC(=NCC1(c2cccs2)CCCCC1)N1CCN(C(C)=O)CC1.I. The molecule has 1 aromatic rings. The van der Waals surface area contributed by atoms with Crippen molar-refractivity contribution in [3.8, 4) is 0 Å². The van der Waals surface area contributed by atoms with Crippen molar-refractivity contribution in [2.75, 3.05) is 39.3 Å². The number of nitrogens with one attached hydrogen (secondary N) is 1. The normalized spacial score (nSPS) is 20.1. The van der Waals surface area contributed by atoms with Crippen molar-refractivity contribution in [3.05, 3.63) is 22.4 Å². The Morgan fingerprint density at radius 3 is 2.41 bits per heavy atom. The molecule has 5 nitrogen and oxygen atoms in total. The number of carbonyl (C=O) groups is 1. The molecule has 1 saturated heterocycles. The van der Waals surface area contributed by atoms with Gasteiger partial charge in [-0.05, 0) is 31.2 Å². The van der Waals surface area contributed by atoms with E-state index in [9.17, 15) is 4.79 Å². The molecule has 1 saturated carbocycles. The van der Waals surface area contributed by atoms with Gasteiger partial charge < -0.3 is 15.1 Å². The Bertz CT molecular complexity index is 606. The van der Waals surface area contributed by atoms with Gasteiger partial charge in [-0.1, -0.05) is 25.3 Å². The minimum Gasteiger partial charge on any atom is -0.357 e. The number of hydrogen-bond acceptors (Lipinski definition) is 3. The van der Waals surface area contributed by atoms with Gasteiger partial charge in [-0.2, -0.15) is 0 Å². The Morgan fingerprint density at radius 2 is 1.85 bits per heavy atom. The molecule has 1 aromatic heterocycles. The van der Waals surface area contributed by atoms with Crippen LogP contribution in [0.3, 0.4) is 0 Å². The average Bonchev–Trinajstić information content (AvgIpc) is 3.21. The standard InChI is InChI=1S/C20H32N4OS.HI/c1-3-21-19(24-13-11-23(12-14-24)17(2)25)22-16-20(9-5-4-6-10-20)18-8-7-15-26-18;/h7-8,15H,3-6,9-14,16H2,1-2H3,(H,21,22);1H. The lowest BCUT2D eigenvalue weighted by Crippen LogP contribution is -2.53. The van der Waals surface area contributed by atoms with Gasteiger partial charge in [0, 0.05) is 49.9 Å². The fraction of sp³-hybridized carbons (Fsp3) is 0.700. The average molecular weight is 504 g/mol. The monoisotopic (exact) mass is 504 g/mol. The maximum Gasteiger partial charge on any atom is 0.219 e. The third kappa shape index (κ3) is 5.59. The lowest BCUT2D eigenvalue weighted by atomic mass is 9.73. The lowest BCUT2D eigenvalue weighted by molar-refractivity contribution is -0.130. The highest BCUT2D eigenvalue weighted by Gasteiger charge is 2.35. The van der Waals surface area contributed by atoms with Crippen LogP contribution in [0.1, 0.15) is 50.8 Å². The number of aliphatic imine (C=N–C) groups is 1. The second-order valence-corrected chi connectivity index (χ2v) is 8.43. The summed E-state index contributed by atoms with van der Waals surface area (Å²) in [6.07, 6.45) is 6.45. The number of halogens is 1. The van der Waals surface area contributed by atoms with E-state index in [0.717, 1.165) is 45.2 Å². The summed E-state index contributed by atoms with van der Waals surface area (Å²) in [5.74, 6) is 1.18. The van der Waals surface area contributed by atoms with Crippen LogP contribution in [0.15, 0.2) is 22.5 Å². The fourth-order valence-electron chi connectivity index (χ4n) is 4.18. The van der Waals surface area contributed by atoms with Crippen LogP contribution in [0.25, 0.3) is 0 Å². The first-order valence-corrected chi connectivity index (χ1v) is 10.9. The van der Waals surface area contributed by atoms with Crippen molar-refractivity contribution in [2.24, 2.45) is 4.99 Å². The first-order valence-electron chi connectivity index (χ1n) is 9.97. The molecule has 0 atom stereocenters. The Morgan fingerprint density at radius 1 is 1.19 bits per heavy atom. The van der Waals surface area contributed by atoms with Crippen molar-refractivity contribution in [1.29, 1.82) is 0 Å². The number of rotatable bonds is 4. The highest BCUT2D eigenvalue weighted by Crippen LogP contribution is 2.41. The molecule has 0 spiro atoms. The van der Waals surface area contributed by atoms with Gasteiger partial charge in [-0.3, -0.25) is 9.79 Å². The summed E-state index contributed by atoms with van der Waals surface area (Å²) in [4.78, 5) is 22.4. The molecule has 0 radical (unpaired) electrons. The third-order valence-corrected chi connectivity index (χ3v) is 6.86. The zero-order valence-corrected chi connectivity index (χ0v) is 19.7. The maximum atomic E-state index is 11.6. The van der Waals surface area contributed by atoms with Crippen LogP contribution < -0.4 is 5.32 Å². The number of nitrogens with zero attached hydrogens (tertiary/aromatic N) is 3. The Kier molecular flexibility index (Phi) is 8.85. The van der Waals surface area contributed by atoms with E-state index in [1.54, 1.807) is 6.92 Å². The van der Waals surface area contributed by atoms with Crippen molar-refractivity contribution >= 4 is 47.2 Å². The summed E-state index contributed by atoms with van der Waals surface area (Å²) in [6.45, 7) is 8.81. The van der Waals surface area contributed by atoms with Crippen LogP contribution in [0, 0.1) is 0 Å². The summed E-state index contributed by atoms with van der Waals surface area (Å²) < 4.78 is 0. The molecule has 0 bridgehead atoms. The lowest BCUT2D eigenvalue weighted by Gasteiger charge is -2.38. The van der Waals surface area contributed by atoms with E-state index in [-0.39, 0.29) is 35.3 Å². The summed E-state index contributed by atoms with van der Waals surface area (Å²) in [7, 11) is 0. The minimum atomic E-state index is 0. The maximum absolute atomic E-state index is 11.6. The van der Waals surface area contributed by atoms with Gasteiger partial charge in [-0.25, -0.2) is 0 Å². The molecule has 1 aliphatic heterocycles. The topological polar surface area (TPSA) is 47.9 Å². The van der Waals surface area contributed by atoms with Crippen LogP contribution in [0.4, 0.5) is 0 Å². The molecular formula is C20H33IN4OS. The first kappa shape index (κ1) is 22.5. The highest BCUT2D eigenvalue weighted by molar-refractivity contribution is 14.0. The molecule has 2 fully saturated rings. The van der Waals surface area contributed by atoms with Gasteiger partial charge in [0.05, 0.1) is 6.54 Å². The molecule has 27 heavy (non-hydrogen) atoms. The summed E-state index contributed by atoms with van der Waals surface area (Å²) >= 11 is 1.88. The van der Waals surface area contributed by atoms with E-state index in [0.29, 0.717) is 0 Å². The van der Waals surface area contributed by atoms with Gasteiger partial charge in [-0.15, -0.1) is 35.3 Å². The zero-order chi connectivity index (χ0) is 18.4. The number of thiophene rings is 1. The van der Waals surface area contributed by atoms with Gasteiger partial charge >= 0.3 is 0 Å². The minimum absolute atomic E-state index is 0. The molecular weight excluding hydrogens is 471 g/mol. The molecule has 2 aliphatic rings. The molecule has 1 N–H and O–H groups in total. The van der Waals surface area contributed by atoms with Gasteiger partial charge in [0.25, 0.3) is 0 Å². The Hall–Kier alpha value is -0.830. The second kappa shape index (κ2) is 10.6. The second-order valence-electron chi connectivity index (χ2n) is 7.48. The van der Waals surface area contributed by atoms with Gasteiger partial charge in [0.1, 0.15) is 0 Å². The third-order valence-electron chi connectivity index (χ3n) is 5.75. The van der Waals surface area contributed by atoms with Crippen LogP contribution >= 0.6 is 35.3 Å². The zero-order valence-electron chi connectivity index (χ0n) is 16.6. The summed E-state index contributed by atoms with van der Waals surface area (Å²) in [5, 5.41) is 5.67. The quantitative estimate of drug-likeness (QED) is 0.387. The molecule has 7 heteroatoms. The predicted octanol–water partition coefficient (Wildman–Crippen LogP) is 3.70. The van der Waals surface area contributed by atoms with Crippen molar-refractivity contribution in [2.45, 2.75) is 51.4 Å². The molecule has 0 unspecified atom stereocenters. The molecule has 3 rings (SSSR count). The van der Waals surface area contributed by atoms with Gasteiger partial charge in [0.15, 0.2) is 5.96 Å². The van der Waals surface area contributed by atoms with E-state index in [4.69, 9.17) is 4.99 Å². The van der Waals surface area contributed by atoms with Crippen molar-refractivity contribution < 1.29 is 4.79 Å². The first-order chi connectivity index (χ1) is 12.6. The van der Waals surface area contributed by atoms with E-state index < -0.39 is 0 Å². The smallest absolute Gasteiger partial charge is 0.219 e. The number of piperazine rings is 1. The van der Waals surface area contributed by atoms with Crippen molar-refractivity contribution in [1.82, 2.24) is 15.1 Å². The molecule has 1 aliphatic carbocycles. The number of amides is 1. The van der Waals surface area contributed by atoms with E-state index in [2.05, 4.69) is 34.7 Å². The van der Waals surface area contributed by atoms with E-state index in [1.165, 1.54) is 37.0 Å². The van der Waals surface area contributed by atoms with Crippen LogP contribution in [0.5, 0.6) is 0 Å². The molecule has 2 heterocycles. The van der Waals surface area contributed by atoms with E-state index in [1.807, 2.05) is 16.2 Å². The molecule has 152 valence electrons. The summed E-state index contributed by atoms with van der Waals surface area (Å²) in [6, 6.07) is 4.47. The fourth-order valence-corrected chi connectivity index (χ4v) is 5.16. The Labute approximate surface area is 184 Å². The Balaban J connectivity index is 0.00000261. The number of carbonyl (C=O) groups excluding carboxylic acids is 1. The predicted molar refractivity (Wildman–Crippen MR) is 124 cm³/mol. The largest absolute Gasteiger partial charge is 0.357 e. The molecule has 0 aromatic carbocycles. The van der Waals surface area contributed by atoms with Crippen LogP contribution in [0.2, 0.25) is 0 Å². The number of guanidine groups is 1. The van der Waals surface area contributed by atoms with E-state index >= 15 is 0 Å². The van der Waals surface area contributed by atoms with Crippen LogP contribution in [-0.4, -0.2) is 60.9 Å². The van der Waals surface area contributed by atoms with Crippen LogP contribution in [-0.2, 0) is 10.2 Å². The summed E-state index contributed by atoms with van der Waals surface area (Å²) in [5.41, 5.74) is 0.217. The highest BCUT2D eigenvalue weighted by atomic mass is 127. The molecule has 1 amide bonds. The van der Waals surface area contributed by atoms with Gasteiger partial charge in [0.2, 0.25) is 5.91 Å².